The van der Waals surface area contributed by atoms with E-state index < -0.39 is 0 Å². The van der Waals surface area contributed by atoms with Crippen molar-refractivity contribution in [2.45, 2.75) is 13.5 Å². The Morgan fingerprint density at radius 2 is 1.31 bits per heavy atom. The molecule has 0 heterocycles. The van der Waals surface area contributed by atoms with Gasteiger partial charge in [-0.3, -0.25) is 0 Å². The standard InChI is InChI=1S/C29H28O6/c1-18-21(28-24(32-2)11-8-12-25(28)33-3)16-26(34-4)27(29(18)31)20-13-14-23(22(30)15-20)35-17-19-9-6-5-7-10-19/h5-16,30-31H,17H2,1-4H3. The number of methoxy groups -OCH3 is 3. The van der Waals surface area contributed by atoms with Crippen molar-refractivity contribution in [3.8, 4) is 56.8 Å². The molecule has 6 heteroatoms. The first kappa shape index (κ1) is 23.8. The second-order valence-electron chi connectivity index (χ2n) is 7.97. The number of benzene rings is 4. The zero-order chi connectivity index (χ0) is 24.9. The number of phenols is 2. The Balaban J connectivity index is 1.75. The molecule has 180 valence electrons. The van der Waals surface area contributed by atoms with Crippen LogP contribution in [0.2, 0.25) is 0 Å². The van der Waals surface area contributed by atoms with Crippen molar-refractivity contribution in [2.75, 3.05) is 21.3 Å². The van der Waals surface area contributed by atoms with Gasteiger partial charge in [0, 0.05) is 0 Å². The van der Waals surface area contributed by atoms with Crippen LogP contribution in [0.5, 0.6) is 34.5 Å². The van der Waals surface area contributed by atoms with Crippen molar-refractivity contribution >= 4 is 0 Å². The van der Waals surface area contributed by atoms with Crippen LogP contribution in [0.1, 0.15) is 11.1 Å². The van der Waals surface area contributed by atoms with E-state index >= 15 is 0 Å². The summed E-state index contributed by atoms with van der Waals surface area (Å²) in [5.74, 6) is 2.01. The summed E-state index contributed by atoms with van der Waals surface area (Å²) in [4.78, 5) is 0. The van der Waals surface area contributed by atoms with E-state index in [9.17, 15) is 10.2 Å². The second kappa shape index (κ2) is 10.3. The van der Waals surface area contributed by atoms with Gasteiger partial charge in [-0.05, 0) is 59.5 Å². The van der Waals surface area contributed by atoms with E-state index in [1.807, 2.05) is 61.5 Å². The maximum absolute atomic E-state index is 11.3. The molecule has 0 aliphatic heterocycles. The average molecular weight is 473 g/mol. The van der Waals surface area contributed by atoms with E-state index in [1.54, 1.807) is 32.4 Å². The second-order valence-corrected chi connectivity index (χ2v) is 7.97. The quantitative estimate of drug-likeness (QED) is 0.311. The number of hydrogen-bond donors (Lipinski definition) is 2. The molecular weight excluding hydrogens is 444 g/mol. The van der Waals surface area contributed by atoms with Gasteiger partial charge < -0.3 is 29.2 Å². The lowest BCUT2D eigenvalue weighted by Crippen LogP contribution is -1.98. The Bertz CT molecular complexity index is 1310. The van der Waals surface area contributed by atoms with Crippen LogP contribution >= 0.6 is 0 Å². The van der Waals surface area contributed by atoms with Crippen molar-refractivity contribution in [1.29, 1.82) is 0 Å². The van der Waals surface area contributed by atoms with Gasteiger partial charge in [0.15, 0.2) is 11.5 Å². The van der Waals surface area contributed by atoms with Gasteiger partial charge in [0.1, 0.15) is 29.6 Å². The van der Waals surface area contributed by atoms with Gasteiger partial charge in [0.2, 0.25) is 0 Å². The Labute approximate surface area is 204 Å². The molecule has 0 radical (unpaired) electrons. The monoisotopic (exact) mass is 472 g/mol. The largest absolute Gasteiger partial charge is 0.507 e. The summed E-state index contributed by atoms with van der Waals surface area (Å²) in [6, 6.07) is 22.1. The average Bonchev–Trinajstić information content (AvgIpc) is 2.89. The predicted octanol–water partition coefficient (Wildman–Crippen LogP) is 6.35. The van der Waals surface area contributed by atoms with Crippen molar-refractivity contribution in [1.82, 2.24) is 0 Å². The Morgan fingerprint density at radius 3 is 1.91 bits per heavy atom. The van der Waals surface area contributed by atoms with Crippen molar-refractivity contribution in [3.63, 3.8) is 0 Å². The van der Waals surface area contributed by atoms with Crippen LogP contribution in [0.25, 0.3) is 22.3 Å². The molecule has 0 spiro atoms. The minimum atomic E-state index is -0.0342. The van der Waals surface area contributed by atoms with E-state index in [-0.39, 0.29) is 11.5 Å². The van der Waals surface area contributed by atoms with Crippen molar-refractivity contribution in [2.24, 2.45) is 0 Å². The van der Waals surface area contributed by atoms with Gasteiger partial charge >= 0.3 is 0 Å². The number of rotatable bonds is 8. The summed E-state index contributed by atoms with van der Waals surface area (Å²) in [7, 11) is 4.71. The van der Waals surface area contributed by atoms with E-state index in [4.69, 9.17) is 18.9 Å². The molecule has 2 N–H and O–H groups in total. The smallest absolute Gasteiger partial charge is 0.161 e. The van der Waals surface area contributed by atoms with Crippen LogP contribution in [-0.4, -0.2) is 31.5 Å². The number of hydrogen-bond acceptors (Lipinski definition) is 6. The zero-order valence-corrected chi connectivity index (χ0v) is 20.2. The molecule has 0 aliphatic carbocycles. The molecule has 0 amide bonds. The lowest BCUT2D eigenvalue weighted by atomic mass is 9.92. The van der Waals surface area contributed by atoms with Gasteiger partial charge in [0.05, 0.1) is 32.5 Å². The van der Waals surface area contributed by atoms with E-state index in [1.165, 1.54) is 7.11 Å². The number of aromatic hydroxyl groups is 2. The molecule has 35 heavy (non-hydrogen) atoms. The normalized spacial score (nSPS) is 10.6. The summed E-state index contributed by atoms with van der Waals surface area (Å²) in [5.41, 5.74) is 4.09. The van der Waals surface area contributed by atoms with Crippen molar-refractivity contribution in [3.05, 3.63) is 83.9 Å². The maximum atomic E-state index is 11.3. The molecule has 0 saturated heterocycles. The summed E-state index contributed by atoms with van der Waals surface area (Å²) < 4.78 is 22.6. The topological polar surface area (TPSA) is 77.4 Å². The van der Waals surface area contributed by atoms with Gasteiger partial charge in [0.25, 0.3) is 0 Å². The minimum Gasteiger partial charge on any atom is -0.507 e. The molecule has 0 fully saturated rings. The molecular formula is C29H28O6. The summed E-state index contributed by atoms with van der Waals surface area (Å²) >= 11 is 0. The van der Waals surface area contributed by atoms with Crippen LogP contribution in [0.3, 0.4) is 0 Å². The predicted molar refractivity (Wildman–Crippen MR) is 136 cm³/mol. The van der Waals surface area contributed by atoms with Gasteiger partial charge in [-0.25, -0.2) is 0 Å². The molecule has 0 aromatic heterocycles. The Hall–Kier alpha value is -4.32. The van der Waals surface area contributed by atoms with Gasteiger partial charge in [-0.2, -0.15) is 0 Å². The van der Waals surface area contributed by atoms with Crippen molar-refractivity contribution < 1.29 is 29.2 Å². The van der Waals surface area contributed by atoms with E-state index in [0.29, 0.717) is 57.4 Å². The summed E-state index contributed by atoms with van der Waals surface area (Å²) in [6.45, 7) is 2.15. The fourth-order valence-corrected chi connectivity index (χ4v) is 4.09. The number of phenolic OH excluding ortho intramolecular Hbond substituents is 2. The fraction of sp³-hybridized carbons (Fsp3) is 0.172. The van der Waals surface area contributed by atoms with Crippen LogP contribution < -0.4 is 18.9 Å². The molecule has 0 aliphatic rings. The highest BCUT2D eigenvalue weighted by Crippen LogP contribution is 2.49. The van der Waals surface area contributed by atoms with Crippen LogP contribution in [-0.2, 0) is 6.61 Å². The molecule has 4 aromatic rings. The Kier molecular flexibility index (Phi) is 7.01. The molecule has 0 bridgehead atoms. The summed E-state index contributed by atoms with van der Waals surface area (Å²) in [5, 5.41) is 21.9. The zero-order valence-electron chi connectivity index (χ0n) is 20.2. The molecule has 4 aromatic carbocycles. The third-order valence-corrected chi connectivity index (χ3v) is 5.92. The summed E-state index contributed by atoms with van der Waals surface area (Å²) in [6.07, 6.45) is 0. The highest BCUT2D eigenvalue weighted by atomic mass is 16.5. The third kappa shape index (κ3) is 4.68. The molecule has 0 atom stereocenters. The highest BCUT2D eigenvalue weighted by Gasteiger charge is 2.23. The molecule has 6 nitrogen and oxygen atoms in total. The minimum absolute atomic E-state index is 0.0321. The SMILES string of the molecule is COc1cccc(OC)c1-c1cc(OC)c(-c2ccc(OCc3ccccc3)c(O)c2)c(O)c1C. The molecule has 4 rings (SSSR count). The van der Waals surface area contributed by atoms with E-state index in [2.05, 4.69) is 0 Å². The highest BCUT2D eigenvalue weighted by molar-refractivity contribution is 5.88. The van der Waals surface area contributed by atoms with Crippen LogP contribution in [0.4, 0.5) is 0 Å². The lowest BCUT2D eigenvalue weighted by molar-refractivity contribution is 0.289. The lowest BCUT2D eigenvalue weighted by Gasteiger charge is -2.20. The van der Waals surface area contributed by atoms with Crippen LogP contribution in [0, 0.1) is 6.92 Å². The first-order valence-electron chi connectivity index (χ1n) is 11.1. The molecule has 0 unspecified atom stereocenters. The van der Waals surface area contributed by atoms with E-state index in [0.717, 1.165) is 5.56 Å². The number of ether oxygens (including phenoxy) is 4. The maximum Gasteiger partial charge on any atom is 0.161 e. The van der Waals surface area contributed by atoms with Gasteiger partial charge in [-0.1, -0.05) is 42.5 Å². The third-order valence-electron chi connectivity index (χ3n) is 5.92. The van der Waals surface area contributed by atoms with Gasteiger partial charge in [-0.15, -0.1) is 0 Å². The molecule has 0 saturated carbocycles. The fourth-order valence-electron chi connectivity index (χ4n) is 4.09. The first-order chi connectivity index (χ1) is 17.0. The Morgan fingerprint density at radius 1 is 0.657 bits per heavy atom. The van der Waals surface area contributed by atoms with Crippen LogP contribution in [0.15, 0.2) is 72.8 Å². The first-order valence-corrected chi connectivity index (χ1v) is 11.1.